The SMILES string of the molecule is CCc1c(C)/c2[n-]/c1=C\c1[n-]c3c(c1C)C(=O)[C@H](C(=O)OC)/C3=C1/[N-]/C(=C\c3[n-]c(c(CO)c3C)\C=2)[C@@H](C)[C@@H]1CC.[Mg+2]. The zero-order valence-corrected chi connectivity index (χ0v) is 26.7. The number of fused-ring (bicyclic) bond motifs is 7. The minimum atomic E-state index is -1.10. The molecule has 3 aromatic heterocycles. The first kappa shape index (κ1) is 30.2. The Kier molecular flexibility index (Phi) is 7.98. The van der Waals surface area contributed by atoms with Crippen molar-refractivity contribution in [1.29, 1.82) is 0 Å². The van der Waals surface area contributed by atoms with Crippen molar-refractivity contribution in [2.75, 3.05) is 7.11 Å². The van der Waals surface area contributed by atoms with Gasteiger partial charge in [-0.05, 0) is 44.6 Å². The largest absolute Gasteiger partial charge is 2.00 e. The number of hydrogen-bond donors (Lipinski definition) is 1. The zero-order valence-electron chi connectivity index (χ0n) is 25.3. The molecule has 5 heterocycles. The number of carbonyl (C=O) groups is 2. The van der Waals surface area contributed by atoms with Gasteiger partial charge >= 0.3 is 29.0 Å². The fourth-order valence-corrected chi connectivity index (χ4v) is 6.78. The topological polar surface area (TPSA) is 120 Å². The molecule has 1 N–H and O–H groups in total. The standard InChI is InChI=1S/C33H35N4O4.Mg/c1-8-18-14(3)22-11-26-20(13-38)16(5)21(35-26)10-23-15(4)19(9-2)30(36-23)28-29(33(40)41-7)32(39)27-17(6)24(37-31(27)28)12-25(18)34-22;/h10-12,15,19,29,38H,8-9,13H2,1-7H3,(H-,36,37,39);/q-3;+2/p-1/b22-11-,23-10-,25-12-;/t15-,19-,29+;/m0./s1. The number of Topliss-reactive ketones (excluding diaryl/α,β-unsaturated/α-hetero) is 1. The summed E-state index contributed by atoms with van der Waals surface area (Å²) >= 11 is 0. The van der Waals surface area contributed by atoms with E-state index in [9.17, 15) is 14.7 Å². The Bertz CT molecular complexity index is 1820. The molecule has 1 aliphatic carbocycles. The van der Waals surface area contributed by atoms with E-state index in [2.05, 4.69) is 20.8 Å². The molecule has 0 unspecified atom stereocenters. The van der Waals surface area contributed by atoms with Gasteiger partial charge in [-0.25, -0.2) is 0 Å². The van der Waals surface area contributed by atoms with Crippen molar-refractivity contribution in [2.24, 2.45) is 17.8 Å². The molecule has 3 aromatic rings. The average Bonchev–Trinajstić information content (AvgIpc) is 3.69. The molecule has 214 valence electrons. The Morgan fingerprint density at radius 2 is 1.62 bits per heavy atom. The number of aliphatic hydroxyl groups excluding tert-OH is 1. The molecule has 0 aromatic carbocycles. The number of rotatable bonds is 4. The third-order valence-corrected chi connectivity index (χ3v) is 9.22. The molecule has 0 amide bonds. The van der Waals surface area contributed by atoms with E-state index in [4.69, 9.17) is 25.0 Å². The predicted molar refractivity (Wildman–Crippen MR) is 162 cm³/mol. The van der Waals surface area contributed by atoms with Crippen molar-refractivity contribution in [2.45, 2.75) is 61.0 Å². The van der Waals surface area contributed by atoms with Crippen LogP contribution in [0.3, 0.4) is 0 Å². The number of ketones is 1. The molecule has 1 fully saturated rings. The number of hydrogen-bond acceptors (Lipinski definition) is 4. The van der Waals surface area contributed by atoms with Crippen LogP contribution in [0.15, 0.2) is 11.4 Å². The van der Waals surface area contributed by atoms with Gasteiger partial charge in [-0.1, -0.05) is 73.2 Å². The first-order valence-electron chi connectivity index (χ1n) is 14.2. The van der Waals surface area contributed by atoms with E-state index in [0.29, 0.717) is 33.9 Å². The van der Waals surface area contributed by atoms with Gasteiger partial charge in [0.05, 0.1) is 13.7 Å². The molecule has 3 atom stereocenters. The van der Waals surface area contributed by atoms with Gasteiger partial charge in [-0.2, -0.15) is 11.4 Å². The van der Waals surface area contributed by atoms with Crippen LogP contribution >= 0.6 is 0 Å². The summed E-state index contributed by atoms with van der Waals surface area (Å²) in [7, 11) is 1.31. The summed E-state index contributed by atoms with van der Waals surface area (Å²) in [6, 6.07) is 0. The first-order valence-corrected chi connectivity index (χ1v) is 14.2. The van der Waals surface area contributed by atoms with Crippen LogP contribution in [0.5, 0.6) is 0 Å². The van der Waals surface area contributed by atoms with Gasteiger partial charge in [0.25, 0.3) is 0 Å². The van der Waals surface area contributed by atoms with Gasteiger partial charge in [0.2, 0.25) is 0 Å². The van der Waals surface area contributed by atoms with Crippen molar-refractivity contribution in [3.8, 4) is 0 Å². The van der Waals surface area contributed by atoms with Crippen LogP contribution in [-0.2, 0) is 22.6 Å². The van der Waals surface area contributed by atoms with E-state index in [1.165, 1.54) is 7.11 Å². The summed E-state index contributed by atoms with van der Waals surface area (Å²) in [6.07, 6.45) is 7.39. The predicted octanol–water partition coefficient (Wildman–Crippen LogP) is 2.92. The second-order valence-corrected chi connectivity index (χ2v) is 11.2. The number of methoxy groups -OCH3 is 1. The van der Waals surface area contributed by atoms with E-state index in [0.717, 1.165) is 62.7 Å². The van der Waals surface area contributed by atoms with Crippen molar-refractivity contribution in [3.05, 3.63) is 83.6 Å². The fraction of sp³-hybridized carbons (Fsp3) is 0.394. The summed E-state index contributed by atoms with van der Waals surface area (Å²) < 4.78 is 5.13. The van der Waals surface area contributed by atoms with Crippen LogP contribution in [0.25, 0.3) is 29.1 Å². The van der Waals surface area contributed by atoms with Gasteiger partial charge in [0, 0.05) is 5.56 Å². The molecule has 0 saturated carbocycles. The van der Waals surface area contributed by atoms with Crippen LogP contribution in [0.1, 0.15) is 88.1 Å². The second kappa shape index (κ2) is 11.1. The maximum absolute atomic E-state index is 13.9. The van der Waals surface area contributed by atoms with E-state index < -0.39 is 11.9 Å². The second-order valence-electron chi connectivity index (χ2n) is 11.2. The molecular formula is C33H34MgN4O4-2. The van der Waals surface area contributed by atoms with E-state index >= 15 is 0 Å². The Balaban J connectivity index is 0.00000353. The quantitative estimate of drug-likeness (QED) is 0.289. The van der Waals surface area contributed by atoms with Crippen LogP contribution < -0.4 is 25.7 Å². The minimum absolute atomic E-state index is 0. The molecule has 0 radical (unpaired) electrons. The van der Waals surface area contributed by atoms with Gasteiger partial charge in [0.1, 0.15) is 5.92 Å². The Morgan fingerprint density at radius 1 is 0.929 bits per heavy atom. The van der Waals surface area contributed by atoms with Gasteiger partial charge in [-0.3, -0.25) is 9.59 Å². The average molecular weight is 575 g/mol. The molecule has 8 nitrogen and oxygen atoms in total. The normalized spacial score (nSPS) is 25.1. The number of ether oxygens (including phenoxy) is 1. The van der Waals surface area contributed by atoms with Gasteiger partial charge in [0.15, 0.2) is 5.78 Å². The van der Waals surface area contributed by atoms with Crippen LogP contribution in [0.2, 0.25) is 0 Å². The minimum Gasteiger partial charge on any atom is -0.664 e. The summed E-state index contributed by atoms with van der Waals surface area (Å²) in [6.45, 7) is 12.0. The van der Waals surface area contributed by atoms with Crippen molar-refractivity contribution in [1.82, 2.24) is 15.0 Å². The fourth-order valence-electron chi connectivity index (χ4n) is 6.78. The Hall–Kier alpha value is -3.27. The Morgan fingerprint density at radius 3 is 2.26 bits per heavy atom. The Labute approximate surface area is 261 Å². The first-order chi connectivity index (χ1) is 19.6. The summed E-state index contributed by atoms with van der Waals surface area (Å²) in [5.74, 6) is -1.99. The summed E-state index contributed by atoms with van der Waals surface area (Å²) in [4.78, 5) is 41.8. The summed E-state index contributed by atoms with van der Waals surface area (Å²) in [5.41, 5.74) is 9.67. The van der Waals surface area contributed by atoms with Crippen molar-refractivity contribution in [3.63, 3.8) is 0 Å². The van der Waals surface area contributed by atoms with Gasteiger partial charge < -0.3 is 30.1 Å². The maximum atomic E-state index is 13.9. The third-order valence-electron chi connectivity index (χ3n) is 9.22. The number of nitrogens with zero attached hydrogens (tertiary/aromatic N) is 4. The molecule has 6 rings (SSSR count). The van der Waals surface area contributed by atoms with Crippen molar-refractivity contribution >= 4 is 58.6 Å². The number of esters is 1. The zero-order chi connectivity index (χ0) is 29.3. The molecular weight excluding hydrogens is 541 g/mol. The molecule has 9 heteroatoms. The maximum Gasteiger partial charge on any atom is 2.00 e. The van der Waals surface area contributed by atoms with Crippen LogP contribution in [0, 0.1) is 38.5 Å². The summed E-state index contributed by atoms with van der Waals surface area (Å²) in [5, 5.41) is 17.0. The van der Waals surface area contributed by atoms with Gasteiger partial charge in [-0.15, -0.1) is 33.5 Å². The van der Waals surface area contributed by atoms with E-state index in [-0.39, 0.29) is 47.3 Å². The number of carbonyl (C=O) groups excluding carboxylic acids is 2. The van der Waals surface area contributed by atoms with Crippen molar-refractivity contribution < 1.29 is 19.4 Å². The monoisotopic (exact) mass is 574 g/mol. The molecule has 2 aliphatic heterocycles. The van der Waals surface area contributed by atoms with Crippen LogP contribution in [-0.4, -0.2) is 47.0 Å². The number of aromatic nitrogens is 3. The smallest absolute Gasteiger partial charge is 0.664 e. The van der Waals surface area contributed by atoms with Crippen LogP contribution in [0.4, 0.5) is 0 Å². The van der Waals surface area contributed by atoms with E-state index in [1.807, 2.05) is 39.0 Å². The molecule has 3 aliphatic rings. The number of aliphatic hydroxyl groups is 1. The molecule has 0 spiro atoms. The molecule has 1 saturated heterocycles. The third kappa shape index (κ3) is 4.27. The molecule has 8 bridgehead atoms. The number of allylic oxidation sites excluding steroid dienone is 2. The molecule has 42 heavy (non-hydrogen) atoms. The van der Waals surface area contributed by atoms with E-state index in [1.54, 1.807) is 0 Å².